The zero-order valence-corrected chi connectivity index (χ0v) is 12.7. The number of hydrogen-bond donors (Lipinski definition) is 1. The molecule has 2 aromatic carbocycles. The van der Waals surface area contributed by atoms with Gasteiger partial charge in [-0.15, -0.1) is 0 Å². The minimum atomic E-state index is -0.768. The van der Waals surface area contributed by atoms with E-state index in [1.165, 1.54) is 13.2 Å². The number of rotatable bonds is 6. The van der Waals surface area contributed by atoms with Crippen molar-refractivity contribution in [2.75, 3.05) is 7.11 Å². The maximum Gasteiger partial charge on any atom is 0.259 e. The summed E-state index contributed by atoms with van der Waals surface area (Å²) in [6, 6.07) is 16.7. The smallest absolute Gasteiger partial charge is 0.259 e. The van der Waals surface area contributed by atoms with Gasteiger partial charge in [-0.2, -0.15) is 5.26 Å². The lowest BCUT2D eigenvalue weighted by atomic mass is 10.1. The summed E-state index contributed by atoms with van der Waals surface area (Å²) in [5.41, 5.74) is 6.67. The molecule has 116 valence electrons. The van der Waals surface area contributed by atoms with Gasteiger partial charge in [0, 0.05) is 0 Å². The van der Waals surface area contributed by atoms with Gasteiger partial charge in [0.25, 0.3) is 5.91 Å². The second kappa shape index (κ2) is 7.66. The molecule has 0 unspecified atom stereocenters. The lowest BCUT2D eigenvalue weighted by Crippen LogP contribution is -2.12. The van der Waals surface area contributed by atoms with Crippen LogP contribution in [0.2, 0.25) is 0 Å². The molecular formula is C18H16N2O3. The van der Waals surface area contributed by atoms with Gasteiger partial charge in [-0.1, -0.05) is 36.4 Å². The molecule has 0 atom stereocenters. The Morgan fingerprint density at radius 1 is 1.22 bits per heavy atom. The van der Waals surface area contributed by atoms with Crippen LogP contribution in [-0.2, 0) is 11.4 Å². The number of methoxy groups -OCH3 is 1. The summed E-state index contributed by atoms with van der Waals surface area (Å²) >= 11 is 0. The molecule has 0 saturated carbocycles. The summed E-state index contributed by atoms with van der Waals surface area (Å²) < 4.78 is 11.0. The molecule has 0 bridgehead atoms. The quantitative estimate of drug-likeness (QED) is 0.656. The Hall–Kier alpha value is -3.26. The molecule has 0 aliphatic carbocycles. The van der Waals surface area contributed by atoms with Crippen LogP contribution in [0.3, 0.4) is 0 Å². The first kappa shape index (κ1) is 16.1. The molecule has 0 aliphatic heterocycles. The van der Waals surface area contributed by atoms with Crippen molar-refractivity contribution in [2.24, 2.45) is 5.73 Å². The van der Waals surface area contributed by atoms with E-state index in [1.807, 2.05) is 30.3 Å². The molecule has 0 heterocycles. The Morgan fingerprint density at radius 3 is 2.57 bits per heavy atom. The lowest BCUT2D eigenvalue weighted by Gasteiger charge is -2.11. The van der Waals surface area contributed by atoms with Crippen LogP contribution in [0.25, 0.3) is 6.08 Å². The van der Waals surface area contributed by atoms with Gasteiger partial charge in [0.1, 0.15) is 18.2 Å². The van der Waals surface area contributed by atoms with Crippen LogP contribution < -0.4 is 15.2 Å². The second-order valence-electron chi connectivity index (χ2n) is 4.72. The van der Waals surface area contributed by atoms with Crippen LogP contribution in [0.15, 0.2) is 54.1 Å². The van der Waals surface area contributed by atoms with E-state index >= 15 is 0 Å². The van der Waals surface area contributed by atoms with Crippen LogP contribution >= 0.6 is 0 Å². The third-order valence-corrected chi connectivity index (χ3v) is 3.12. The number of nitrogens with two attached hydrogens (primary N) is 1. The SMILES string of the molecule is COc1cc(/C=C(\C#N)C(N)=O)ccc1OCc1ccccc1. The molecule has 23 heavy (non-hydrogen) atoms. The van der Waals surface area contributed by atoms with Gasteiger partial charge < -0.3 is 15.2 Å². The number of ether oxygens (including phenoxy) is 2. The number of carbonyl (C=O) groups excluding carboxylic acids is 1. The number of amides is 1. The van der Waals surface area contributed by atoms with E-state index in [2.05, 4.69) is 0 Å². The highest BCUT2D eigenvalue weighted by molar-refractivity contribution is 6.00. The number of nitrogens with zero attached hydrogens (tertiary/aromatic N) is 1. The highest BCUT2D eigenvalue weighted by Gasteiger charge is 2.08. The van der Waals surface area contributed by atoms with Gasteiger partial charge in [-0.05, 0) is 29.3 Å². The minimum absolute atomic E-state index is 0.120. The van der Waals surface area contributed by atoms with Crippen molar-refractivity contribution in [2.45, 2.75) is 6.61 Å². The van der Waals surface area contributed by atoms with Crippen molar-refractivity contribution in [3.05, 3.63) is 65.2 Å². The van der Waals surface area contributed by atoms with Crippen LogP contribution in [0.1, 0.15) is 11.1 Å². The molecule has 5 heteroatoms. The van der Waals surface area contributed by atoms with Crippen LogP contribution in [-0.4, -0.2) is 13.0 Å². The van der Waals surface area contributed by atoms with Gasteiger partial charge in [0.05, 0.1) is 7.11 Å². The average molecular weight is 308 g/mol. The first-order valence-corrected chi connectivity index (χ1v) is 6.90. The van der Waals surface area contributed by atoms with E-state index in [1.54, 1.807) is 24.3 Å². The Morgan fingerprint density at radius 2 is 1.96 bits per heavy atom. The molecule has 0 aliphatic rings. The Kier molecular flexibility index (Phi) is 5.37. The predicted molar refractivity (Wildman–Crippen MR) is 86.6 cm³/mol. The van der Waals surface area contributed by atoms with Crippen molar-refractivity contribution < 1.29 is 14.3 Å². The summed E-state index contributed by atoms with van der Waals surface area (Å²) in [5.74, 6) is 0.318. The zero-order chi connectivity index (χ0) is 16.7. The minimum Gasteiger partial charge on any atom is -0.493 e. The van der Waals surface area contributed by atoms with E-state index in [9.17, 15) is 4.79 Å². The Balaban J connectivity index is 2.20. The molecule has 0 saturated heterocycles. The van der Waals surface area contributed by atoms with Crippen LogP contribution in [0, 0.1) is 11.3 Å². The van der Waals surface area contributed by atoms with Crippen molar-refractivity contribution in [3.63, 3.8) is 0 Å². The summed E-state index contributed by atoms with van der Waals surface area (Å²) in [4.78, 5) is 11.1. The topological polar surface area (TPSA) is 85.3 Å². The van der Waals surface area contributed by atoms with E-state index in [0.29, 0.717) is 23.7 Å². The summed E-state index contributed by atoms with van der Waals surface area (Å²) in [5, 5.41) is 8.87. The molecule has 0 spiro atoms. The Labute approximate surface area is 134 Å². The van der Waals surface area contributed by atoms with Crippen molar-refractivity contribution in [1.29, 1.82) is 5.26 Å². The Bertz CT molecular complexity index is 762. The summed E-state index contributed by atoms with van der Waals surface area (Å²) in [6.07, 6.45) is 1.41. The molecule has 0 radical (unpaired) electrons. The maximum atomic E-state index is 11.1. The highest BCUT2D eigenvalue weighted by Crippen LogP contribution is 2.29. The predicted octanol–water partition coefficient (Wildman–Crippen LogP) is 2.67. The third-order valence-electron chi connectivity index (χ3n) is 3.12. The fraction of sp³-hybridized carbons (Fsp3) is 0.111. The van der Waals surface area contributed by atoms with Gasteiger partial charge in [-0.3, -0.25) is 4.79 Å². The second-order valence-corrected chi connectivity index (χ2v) is 4.72. The number of carbonyl (C=O) groups is 1. The first-order chi connectivity index (χ1) is 11.1. The molecular weight excluding hydrogens is 292 g/mol. The van der Waals surface area contributed by atoms with Crippen molar-refractivity contribution in [3.8, 4) is 17.6 Å². The first-order valence-electron chi connectivity index (χ1n) is 6.90. The standard InChI is InChI=1S/C18H16N2O3/c1-22-17-10-14(9-15(11-19)18(20)21)7-8-16(17)23-12-13-5-3-2-4-6-13/h2-10H,12H2,1H3,(H2,20,21)/b15-9+. The molecule has 1 amide bonds. The van der Waals surface area contributed by atoms with Gasteiger partial charge in [-0.25, -0.2) is 0 Å². The molecule has 5 nitrogen and oxygen atoms in total. The van der Waals surface area contributed by atoms with E-state index < -0.39 is 5.91 Å². The number of nitriles is 1. The van der Waals surface area contributed by atoms with E-state index in [0.717, 1.165) is 5.56 Å². The molecule has 2 aromatic rings. The number of primary amides is 1. The van der Waals surface area contributed by atoms with Crippen molar-refractivity contribution in [1.82, 2.24) is 0 Å². The fourth-order valence-electron chi connectivity index (χ4n) is 1.95. The van der Waals surface area contributed by atoms with Crippen LogP contribution in [0.4, 0.5) is 0 Å². The van der Waals surface area contributed by atoms with Crippen molar-refractivity contribution >= 4 is 12.0 Å². The highest BCUT2D eigenvalue weighted by atomic mass is 16.5. The van der Waals surface area contributed by atoms with E-state index in [-0.39, 0.29) is 5.57 Å². The fourth-order valence-corrected chi connectivity index (χ4v) is 1.95. The maximum absolute atomic E-state index is 11.1. The number of hydrogen-bond acceptors (Lipinski definition) is 4. The monoisotopic (exact) mass is 308 g/mol. The lowest BCUT2D eigenvalue weighted by molar-refractivity contribution is -0.114. The summed E-state index contributed by atoms with van der Waals surface area (Å²) in [7, 11) is 1.53. The number of benzene rings is 2. The van der Waals surface area contributed by atoms with E-state index in [4.69, 9.17) is 20.5 Å². The zero-order valence-electron chi connectivity index (χ0n) is 12.7. The summed E-state index contributed by atoms with van der Waals surface area (Å²) in [6.45, 7) is 0.414. The molecule has 0 fully saturated rings. The molecule has 2 rings (SSSR count). The molecule has 2 N–H and O–H groups in total. The normalized spacial score (nSPS) is 10.7. The molecule has 0 aromatic heterocycles. The average Bonchev–Trinajstić information content (AvgIpc) is 2.58. The van der Waals surface area contributed by atoms with Gasteiger partial charge >= 0.3 is 0 Å². The van der Waals surface area contributed by atoms with Gasteiger partial charge in [0.15, 0.2) is 11.5 Å². The third kappa shape index (κ3) is 4.35. The van der Waals surface area contributed by atoms with Gasteiger partial charge in [0.2, 0.25) is 0 Å². The van der Waals surface area contributed by atoms with Crippen LogP contribution in [0.5, 0.6) is 11.5 Å². The largest absolute Gasteiger partial charge is 0.493 e.